The van der Waals surface area contributed by atoms with Crippen molar-refractivity contribution < 1.29 is 18.3 Å². The third kappa shape index (κ3) is 4.50. The number of aromatic nitrogens is 1. The quantitative estimate of drug-likeness (QED) is 0.657. The van der Waals surface area contributed by atoms with Crippen LogP contribution in [0.2, 0.25) is 0 Å². The van der Waals surface area contributed by atoms with E-state index in [-0.39, 0.29) is 12.3 Å². The number of ether oxygens (including phenoxy) is 1. The maximum Gasteiger partial charge on any atom is 0.262 e. The predicted octanol–water partition coefficient (Wildman–Crippen LogP) is 4.77. The molecule has 2 heterocycles. The van der Waals surface area contributed by atoms with Crippen LogP contribution in [0.5, 0.6) is 5.75 Å². The van der Waals surface area contributed by atoms with Crippen molar-refractivity contribution in [1.82, 2.24) is 4.98 Å². The summed E-state index contributed by atoms with van der Waals surface area (Å²) in [6.07, 6.45) is 2.27. The molecule has 5 nitrogen and oxygen atoms in total. The molecule has 1 saturated heterocycles. The molecule has 1 fully saturated rings. The fourth-order valence-corrected chi connectivity index (χ4v) is 3.56. The lowest BCUT2D eigenvalue weighted by Gasteiger charge is -2.31. The van der Waals surface area contributed by atoms with Crippen LogP contribution in [0.4, 0.5) is 20.3 Å². The minimum absolute atomic E-state index is 0.0948. The van der Waals surface area contributed by atoms with Gasteiger partial charge in [0.05, 0.1) is 5.69 Å². The third-order valence-corrected chi connectivity index (χ3v) is 5.34. The van der Waals surface area contributed by atoms with Crippen LogP contribution >= 0.6 is 0 Å². The molecule has 0 unspecified atom stereocenters. The van der Waals surface area contributed by atoms with Crippen molar-refractivity contribution in [3.63, 3.8) is 0 Å². The Hall–Kier alpha value is -3.22. The summed E-state index contributed by atoms with van der Waals surface area (Å²) in [7, 11) is 0. The average Bonchev–Trinajstić information content (AvgIpc) is 2.74. The second kappa shape index (κ2) is 8.65. The molecular formula is C23H23F2N3O2. The number of anilines is 2. The Morgan fingerprint density at radius 3 is 2.73 bits per heavy atom. The molecule has 1 aliphatic rings. The number of hydrogen-bond donors (Lipinski definition) is 1. The Morgan fingerprint density at radius 1 is 1.17 bits per heavy atom. The lowest BCUT2D eigenvalue weighted by molar-refractivity contribution is -0.118. The average molecular weight is 411 g/mol. The van der Waals surface area contributed by atoms with Crippen molar-refractivity contribution in [3.05, 3.63) is 60.2 Å². The maximum atomic E-state index is 13.7. The zero-order valence-corrected chi connectivity index (χ0v) is 16.7. The molecular weight excluding hydrogens is 388 g/mol. The molecule has 3 aromatic rings. The number of pyridine rings is 1. The van der Waals surface area contributed by atoms with Gasteiger partial charge in [0, 0.05) is 24.5 Å². The zero-order chi connectivity index (χ0) is 21.1. The van der Waals surface area contributed by atoms with E-state index in [0.29, 0.717) is 17.3 Å². The lowest BCUT2D eigenvalue weighted by Crippen LogP contribution is -2.33. The number of carbonyl (C=O) groups is 1. The van der Waals surface area contributed by atoms with E-state index in [1.54, 1.807) is 6.07 Å². The summed E-state index contributed by atoms with van der Waals surface area (Å²) in [5.41, 5.74) is 0.581. The molecule has 4 rings (SSSR count). The fraction of sp³-hybridized carbons (Fsp3) is 0.304. The van der Waals surface area contributed by atoms with Gasteiger partial charge in [-0.1, -0.05) is 19.1 Å². The van der Waals surface area contributed by atoms with E-state index in [0.717, 1.165) is 49.1 Å². The van der Waals surface area contributed by atoms with E-state index in [1.807, 2.05) is 24.3 Å². The van der Waals surface area contributed by atoms with E-state index >= 15 is 0 Å². The molecule has 156 valence electrons. The highest BCUT2D eigenvalue weighted by molar-refractivity contribution is 5.92. The van der Waals surface area contributed by atoms with Crippen LogP contribution in [0.3, 0.4) is 0 Å². The van der Waals surface area contributed by atoms with E-state index in [2.05, 4.69) is 17.1 Å². The number of para-hydroxylation sites is 1. The first-order chi connectivity index (χ1) is 14.5. The predicted molar refractivity (Wildman–Crippen MR) is 113 cm³/mol. The van der Waals surface area contributed by atoms with Crippen molar-refractivity contribution in [2.45, 2.75) is 19.8 Å². The van der Waals surface area contributed by atoms with E-state index < -0.39 is 17.5 Å². The summed E-state index contributed by atoms with van der Waals surface area (Å²) < 4.78 is 32.4. The van der Waals surface area contributed by atoms with Crippen molar-refractivity contribution in [2.24, 2.45) is 5.92 Å². The maximum absolute atomic E-state index is 13.7. The van der Waals surface area contributed by atoms with Crippen molar-refractivity contribution >= 4 is 28.3 Å². The van der Waals surface area contributed by atoms with Crippen LogP contribution in [-0.2, 0) is 4.79 Å². The Kier molecular flexibility index (Phi) is 5.79. The van der Waals surface area contributed by atoms with Crippen LogP contribution in [0.15, 0.2) is 48.5 Å². The molecule has 1 aliphatic heterocycles. The number of fused-ring (bicyclic) bond motifs is 1. The molecule has 7 heteroatoms. The van der Waals surface area contributed by atoms with Crippen molar-refractivity contribution in [1.29, 1.82) is 0 Å². The van der Waals surface area contributed by atoms with Crippen molar-refractivity contribution in [2.75, 3.05) is 29.9 Å². The van der Waals surface area contributed by atoms with Gasteiger partial charge in [0.1, 0.15) is 28.7 Å². The molecule has 1 N–H and O–H groups in total. The van der Waals surface area contributed by atoms with Gasteiger partial charge in [0.25, 0.3) is 5.91 Å². The minimum atomic E-state index is -0.837. The molecule has 30 heavy (non-hydrogen) atoms. The van der Waals surface area contributed by atoms with Gasteiger partial charge in [-0.25, -0.2) is 13.8 Å². The largest absolute Gasteiger partial charge is 0.481 e. The number of piperidine rings is 1. The first-order valence-corrected chi connectivity index (χ1v) is 10.0. The number of rotatable bonds is 5. The summed E-state index contributed by atoms with van der Waals surface area (Å²) in [5.74, 6) is 0.0136. The van der Waals surface area contributed by atoms with Gasteiger partial charge in [0.15, 0.2) is 6.61 Å². The Balaban J connectivity index is 1.48. The van der Waals surface area contributed by atoms with Gasteiger partial charge in [0.2, 0.25) is 0 Å². The monoisotopic (exact) mass is 411 g/mol. The Morgan fingerprint density at radius 2 is 1.97 bits per heavy atom. The number of nitrogens with zero attached hydrogens (tertiary/aromatic N) is 2. The van der Waals surface area contributed by atoms with E-state index in [1.165, 1.54) is 6.07 Å². The molecule has 0 spiro atoms. The molecule has 0 bridgehead atoms. The van der Waals surface area contributed by atoms with Crippen LogP contribution < -0.4 is 15.0 Å². The normalized spacial score (nSPS) is 14.7. The van der Waals surface area contributed by atoms with Crippen LogP contribution in [0.25, 0.3) is 10.9 Å². The fourth-order valence-electron chi connectivity index (χ4n) is 3.56. The molecule has 1 aromatic heterocycles. The topological polar surface area (TPSA) is 54.5 Å². The zero-order valence-electron chi connectivity index (χ0n) is 16.7. The van der Waals surface area contributed by atoms with Gasteiger partial charge >= 0.3 is 0 Å². The summed E-state index contributed by atoms with van der Waals surface area (Å²) in [6, 6.07) is 12.5. The van der Waals surface area contributed by atoms with E-state index in [4.69, 9.17) is 9.72 Å². The summed E-state index contributed by atoms with van der Waals surface area (Å²) in [5, 5.41) is 3.30. The second-order valence-electron chi connectivity index (χ2n) is 7.63. The van der Waals surface area contributed by atoms with Crippen LogP contribution in [-0.4, -0.2) is 30.6 Å². The smallest absolute Gasteiger partial charge is 0.262 e. The molecule has 0 atom stereocenters. The minimum Gasteiger partial charge on any atom is -0.481 e. The van der Waals surface area contributed by atoms with E-state index in [9.17, 15) is 13.6 Å². The standard InChI is InChI=1S/C23H23F2N3O2/c1-15-9-11-28(12-10-15)21-8-5-16-3-2-4-20(23(16)27-21)30-14-22(29)26-19-7-6-17(24)13-18(19)25/h2-8,13,15H,9-12,14H2,1H3,(H,26,29). The summed E-state index contributed by atoms with van der Waals surface area (Å²) in [4.78, 5) is 19.2. The second-order valence-corrected chi connectivity index (χ2v) is 7.63. The third-order valence-electron chi connectivity index (χ3n) is 5.34. The molecule has 0 saturated carbocycles. The van der Waals surface area contributed by atoms with Crippen LogP contribution in [0.1, 0.15) is 19.8 Å². The van der Waals surface area contributed by atoms with Gasteiger partial charge in [-0.2, -0.15) is 0 Å². The summed E-state index contributed by atoms with van der Waals surface area (Å²) in [6.45, 7) is 3.88. The Bertz CT molecular complexity index is 1070. The molecule has 0 aliphatic carbocycles. The number of amides is 1. The Labute approximate surface area is 173 Å². The van der Waals surface area contributed by atoms with Gasteiger partial charge in [-0.3, -0.25) is 4.79 Å². The SMILES string of the molecule is CC1CCN(c2ccc3cccc(OCC(=O)Nc4ccc(F)cc4F)c3n2)CC1. The van der Waals surface area contributed by atoms with Gasteiger partial charge in [-0.15, -0.1) is 0 Å². The first kappa shape index (κ1) is 20.1. The first-order valence-electron chi connectivity index (χ1n) is 10.0. The molecule has 2 aromatic carbocycles. The number of benzene rings is 2. The number of nitrogens with one attached hydrogen (secondary N) is 1. The summed E-state index contributed by atoms with van der Waals surface area (Å²) >= 11 is 0. The molecule has 1 amide bonds. The van der Waals surface area contributed by atoms with Gasteiger partial charge < -0.3 is 15.0 Å². The number of carbonyl (C=O) groups excluding carboxylic acids is 1. The number of halogens is 2. The van der Waals surface area contributed by atoms with Crippen molar-refractivity contribution in [3.8, 4) is 5.75 Å². The molecule has 0 radical (unpaired) electrons. The number of hydrogen-bond acceptors (Lipinski definition) is 4. The highest BCUT2D eigenvalue weighted by atomic mass is 19.1. The highest BCUT2D eigenvalue weighted by Gasteiger charge is 2.18. The lowest BCUT2D eigenvalue weighted by atomic mass is 9.99. The van der Waals surface area contributed by atoms with Crippen LogP contribution in [0, 0.1) is 17.6 Å². The highest BCUT2D eigenvalue weighted by Crippen LogP contribution is 2.28. The van der Waals surface area contributed by atoms with Gasteiger partial charge in [-0.05, 0) is 49.1 Å².